The highest BCUT2D eigenvalue weighted by Gasteiger charge is 2.12. The Morgan fingerprint density at radius 1 is 0.667 bits per heavy atom. The van der Waals surface area contributed by atoms with Crippen LogP contribution in [0, 0.1) is 23.3 Å². The molecular formula is C28H24F4O. The van der Waals surface area contributed by atoms with Gasteiger partial charge in [-0.3, -0.25) is 0 Å². The fourth-order valence-corrected chi connectivity index (χ4v) is 4.04. The lowest BCUT2D eigenvalue weighted by Crippen LogP contribution is -1.97. The smallest absolute Gasteiger partial charge is 0.159 e. The van der Waals surface area contributed by atoms with Crippen molar-refractivity contribution in [2.24, 2.45) is 0 Å². The first kappa shape index (κ1) is 23.0. The average molecular weight is 452 g/mol. The van der Waals surface area contributed by atoms with Gasteiger partial charge in [-0.15, -0.1) is 0 Å². The van der Waals surface area contributed by atoms with Crippen molar-refractivity contribution in [2.75, 3.05) is 13.7 Å². The fourth-order valence-electron chi connectivity index (χ4n) is 4.04. The van der Waals surface area contributed by atoms with Crippen LogP contribution >= 0.6 is 0 Å². The molecule has 4 aromatic rings. The Morgan fingerprint density at radius 2 is 1.42 bits per heavy atom. The summed E-state index contributed by atoms with van der Waals surface area (Å²) in [6, 6.07) is 17.6. The highest BCUT2D eigenvalue weighted by molar-refractivity contribution is 5.88. The molecule has 0 fully saturated rings. The lowest BCUT2D eigenvalue weighted by molar-refractivity contribution is 0.195. The largest absolute Gasteiger partial charge is 0.385 e. The predicted molar refractivity (Wildman–Crippen MR) is 123 cm³/mol. The van der Waals surface area contributed by atoms with Gasteiger partial charge < -0.3 is 4.74 Å². The monoisotopic (exact) mass is 452 g/mol. The average Bonchev–Trinajstić information content (AvgIpc) is 2.81. The number of benzene rings is 4. The summed E-state index contributed by atoms with van der Waals surface area (Å²) in [5.41, 5.74) is 3.15. The van der Waals surface area contributed by atoms with Crippen molar-refractivity contribution in [1.82, 2.24) is 0 Å². The van der Waals surface area contributed by atoms with E-state index in [1.54, 1.807) is 43.5 Å². The summed E-state index contributed by atoms with van der Waals surface area (Å²) in [6.07, 6.45) is 2.30. The Balaban J connectivity index is 1.54. The van der Waals surface area contributed by atoms with Crippen molar-refractivity contribution in [2.45, 2.75) is 25.7 Å². The third-order valence-electron chi connectivity index (χ3n) is 5.86. The van der Waals surface area contributed by atoms with Crippen LogP contribution in [0.1, 0.15) is 23.1 Å². The van der Waals surface area contributed by atoms with Crippen molar-refractivity contribution in [3.05, 3.63) is 107 Å². The zero-order chi connectivity index (χ0) is 23.4. The molecule has 1 nitrogen and oxygen atoms in total. The normalized spacial score (nSPS) is 11.3. The molecular weight excluding hydrogens is 428 g/mol. The summed E-state index contributed by atoms with van der Waals surface area (Å²) in [7, 11) is 1.64. The van der Waals surface area contributed by atoms with E-state index in [1.807, 2.05) is 6.07 Å². The first-order valence-electron chi connectivity index (χ1n) is 10.9. The second-order valence-corrected chi connectivity index (χ2v) is 8.13. The van der Waals surface area contributed by atoms with Crippen molar-refractivity contribution < 1.29 is 22.3 Å². The van der Waals surface area contributed by atoms with Gasteiger partial charge in [-0.2, -0.15) is 0 Å². The van der Waals surface area contributed by atoms with Crippen LogP contribution in [0.3, 0.4) is 0 Å². The van der Waals surface area contributed by atoms with Crippen LogP contribution in [0.15, 0.2) is 66.7 Å². The van der Waals surface area contributed by atoms with Gasteiger partial charge in [0.1, 0.15) is 11.6 Å². The molecule has 0 saturated carbocycles. The topological polar surface area (TPSA) is 9.23 Å². The van der Waals surface area contributed by atoms with E-state index in [1.165, 1.54) is 12.1 Å². The van der Waals surface area contributed by atoms with Crippen LogP contribution in [-0.4, -0.2) is 13.7 Å². The molecule has 0 aliphatic heterocycles. The maximum Gasteiger partial charge on any atom is 0.159 e. The molecule has 0 unspecified atom stereocenters. The first-order valence-corrected chi connectivity index (χ1v) is 10.9. The van der Waals surface area contributed by atoms with E-state index in [-0.39, 0.29) is 11.6 Å². The predicted octanol–water partition coefficient (Wildman–Crippen LogP) is 7.43. The maximum absolute atomic E-state index is 15.1. The first-order chi connectivity index (χ1) is 16.0. The Labute approximate surface area is 190 Å². The van der Waals surface area contributed by atoms with Crippen LogP contribution in [-0.2, 0) is 24.0 Å². The minimum absolute atomic E-state index is 0.312. The molecule has 0 spiro atoms. The summed E-state index contributed by atoms with van der Waals surface area (Å²) in [6.45, 7) is 0.627. The molecule has 0 aromatic heterocycles. The molecule has 0 saturated heterocycles. The zero-order valence-electron chi connectivity index (χ0n) is 18.3. The number of rotatable bonds is 8. The molecule has 0 radical (unpaired) electrons. The van der Waals surface area contributed by atoms with Crippen LogP contribution in [0.2, 0.25) is 0 Å². The molecule has 0 atom stereocenters. The second kappa shape index (κ2) is 10.2. The third-order valence-corrected chi connectivity index (χ3v) is 5.86. The Bertz CT molecular complexity index is 1280. The fraction of sp³-hybridized carbons (Fsp3) is 0.214. The molecule has 170 valence electrons. The van der Waals surface area contributed by atoms with Gasteiger partial charge in [-0.05, 0) is 77.6 Å². The van der Waals surface area contributed by atoms with Gasteiger partial charge in [-0.1, -0.05) is 42.5 Å². The minimum Gasteiger partial charge on any atom is -0.385 e. The summed E-state index contributed by atoms with van der Waals surface area (Å²) in [5, 5.41) is 1.11. The summed E-state index contributed by atoms with van der Waals surface area (Å²) in [5.74, 6) is -2.47. The van der Waals surface area contributed by atoms with Gasteiger partial charge in [0, 0.05) is 24.7 Å². The highest BCUT2D eigenvalue weighted by Crippen LogP contribution is 2.30. The van der Waals surface area contributed by atoms with E-state index in [4.69, 9.17) is 4.74 Å². The number of hydrogen-bond donors (Lipinski definition) is 0. The molecule has 0 N–H and O–H groups in total. The summed E-state index contributed by atoms with van der Waals surface area (Å²) < 4.78 is 61.4. The zero-order valence-corrected chi connectivity index (χ0v) is 18.3. The Morgan fingerprint density at radius 3 is 2.18 bits per heavy atom. The van der Waals surface area contributed by atoms with Crippen molar-refractivity contribution in [3.63, 3.8) is 0 Å². The minimum atomic E-state index is -0.908. The molecule has 0 amide bonds. The van der Waals surface area contributed by atoms with Crippen molar-refractivity contribution in [1.29, 1.82) is 0 Å². The SMILES string of the molecule is COCCCc1ccc(-c2ccc3c(F)c(CCc4ccc(F)c(F)c4)ccc3c2)c(F)c1. The van der Waals surface area contributed by atoms with Gasteiger partial charge in [-0.25, -0.2) is 17.6 Å². The Kier molecular flexibility index (Phi) is 7.09. The third kappa shape index (κ3) is 5.25. The van der Waals surface area contributed by atoms with E-state index in [0.29, 0.717) is 52.5 Å². The number of hydrogen-bond acceptors (Lipinski definition) is 1. The molecule has 0 bridgehead atoms. The van der Waals surface area contributed by atoms with E-state index < -0.39 is 11.6 Å². The molecule has 4 rings (SSSR count). The summed E-state index contributed by atoms with van der Waals surface area (Å²) in [4.78, 5) is 0. The van der Waals surface area contributed by atoms with Gasteiger partial charge in [0.2, 0.25) is 0 Å². The lowest BCUT2D eigenvalue weighted by Gasteiger charge is -2.10. The molecule has 0 heterocycles. The lowest BCUT2D eigenvalue weighted by atomic mass is 9.96. The van der Waals surface area contributed by atoms with Crippen molar-refractivity contribution >= 4 is 10.8 Å². The number of ether oxygens (including phenoxy) is 1. The maximum atomic E-state index is 15.1. The molecule has 0 aliphatic carbocycles. The highest BCUT2D eigenvalue weighted by atomic mass is 19.2. The van der Waals surface area contributed by atoms with Gasteiger partial charge >= 0.3 is 0 Å². The number of methoxy groups -OCH3 is 1. The number of halogens is 4. The van der Waals surface area contributed by atoms with E-state index in [9.17, 15) is 13.2 Å². The van der Waals surface area contributed by atoms with Crippen LogP contribution in [0.25, 0.3) is 21.9 Å². The second-order valence-electron chi connectivity index (χ2n) is 8.13. The molecule has 4 aromatic carbocycles. The number of aryl methyl sites for hydroxylation is 3. The quantitative estimate of drug-likeness (QED) is 0.200. The van der Waals surface area contributed by atoms with Crippen LogP contribution in [0.4, 0.5) is 17.6 Å². The van der Waals surface area contributed by atoms with E-state index in [0.717, 1.165) is 30.5 Å². The molecule has 5 heteroatoms. The standard InChI is InChI=1S/C28H24F4O/c1-33-14-2-3-18-5-11-23(26(30)15-18)21-10-12-24-22(17-21)9-8-20(28(24)32)7-4-19-6-13-25(29)27(31)16-19/h5-6,8-13,15-17H,2-4,7,14H2,1H3. The number of fused-ring (bicyclic) bond motifs is 1. The molecule has 0 aliphatic rings. The van der Waals surface area contributed by atoms with Gasteiger partial charge in [0.05, 0.1) is 0 Å². The van der Waals surface area contributed by atoms with E-state index in [2.05, 4.69) is 0 Å². The van der Waals surface area contributed by atoms with Gasteiger partial charge in [0.15, 0.2) is 11.6 Å². The Hall–Kier alpha value is -3.18. The van der Waals surface area contributed by atoms with Crippen molar-refractivity contribution in [3.8, 4) is 11.1 Å². The van der Waals surface area contributed by atoms with E-state index >= 15 is 4.39 Å². The van der Waals surface area contributed by atoms with Crippen LogP contribution in [0.5, 0.6) is 0 Å². The summed E-state index contributed by atoms with van der Waals surface area (Å²) >= 11 is 0. The van der Waals surface area contributed by atoms with Crippen LogP contribution < -0.4 is 0 Å². The van der Waals surface area contributed by atoms with Gasteiger partial charge in [0.25, 0.3) is 0 Å². The molecule has 33 heavy (non-hydrogen) atoms.